The van der Waals surface area contributed by atoms with E-state index in [1.807, 2.05) is 31.2 Å². The van der Waals surface area contributed by atoms with E-state index in [0.717, 1.165) is 23.4 Å². The SMILES string of the molecule is COc1ccccc1[C@H](C)[NH2+]CC(=O)Nc1c(F)cccc1F. The van der Waals surface area contributed by atoms with Gasteiger partial charge in [-0.15, -0.1) is 0 Å². The Morgan fingerprint density at radius 3 is 2.48 bits per heavy atom. The third-order valence-electron chi connectivity index (χ3n) is 3.51. The van der Waals surface area contributed by atoms with E-state index < -0.39 is 23.2 Å². The summed E-state index contributed by atoms with van der Waals surface area (Å²) >= 11 is 0. The number of methoxy groups -OCH3 is 1. The molecular weight excluding hydrogens is 302 g/mol. The van der Waals surface area contributed by atoms with Crippen molar-refractivity contribution in [3.05, 3.63) is 59.7 Å². The van der Waals surface area contributed by atoms with Crippen LogP contribution in [0.3, 0.4) is 0 Å². The molecule has 23 heavy (non-hydrogen) atoms. The fraction of sp³-hybridized carbons (Fsp3) is 0.235. The largest absolute Gasteiger partial charge is 0.496 e. The molecule has 0 aliphatic heterocycles. The number of carbonyl (C=O) groups is 1. The van der Waals surface area contributed by atoms with Crippen molar-refractivity contribution in [1.29, 1.82) is 0 Å². The smallest absolute Gasteiger partial charge is 0.279 e. The van der Waals surface area contributed by atoms with Gasteiger partial charge in [-0.1, -0.05) is 18.2 Å². The molecule has 0 aliphatic rings. The number of anilines is 1. The Balaban J connectivity index is 1.96. The molecule has 0 unspecified atom stereocenters. The number of para-hydroxylation sites is 2. The third kappa shape index (κ3) is 4.26. The maximum atomic E-state index is 13.5. The molecule has 6 heteroatoms. The lowest BCUT2D eigenvalue weighted by Gasteiger charge is -2.14. The highest BCUT2D eigenvalue weighted by molar-refractivity contribution is 5.91. The Morgan fingerprint density at radius 2 is 1.83 bits per heavy atom. The minimum Gasteiger partial charge on any atom is -0.496 e. The molecule has 0 heterocycles. The van der Waals surface area contributed by atoms with Crippen molar-refractivity contribution >= 4 is 11.6 Å². The zero-order valence-corrected chi connectivity index (χ0v) is 13.0. The molecule has 0 bridgehead atoms. The number of amides is 1. The molecule has 2 aromatic rings. The lowest BCUT2D eigenvalue weighted by atomic mass is 10.1. The average Bonchev–Trinajstić information content (AvgIpc) is 2.56. The van der Waals surface area contributed by atoms with E-state index in [2.05, 4.69) is 5.32 Å². The molecule has 1 atom stereocenters. The number of ether oxygens (including phenoxy) is 1. The highest BCUT2D eigenvalue weighted by Gasteiger charge is 2.17. The topological polar surface area (TPSA) is 54.9 Å². The third-order valence-corrected chi connectivity index (χ3v) is 3.51. The van der Waals surface area contributed by atoms with E-state index in [9.17, 15) is 13.6 Å². The molecule has 0 fully saturated rings. The lowest BCUT2D eigenvalue weighted by molar-refractivity contribution is -0.682. The van der Waals surface area contributed by atoms with Gasteiger partial charge in [-0.05, 0) is 31.2 Å². The Hall–Kier alpha value is -2.47. The monoisotopic (exact) mass is 321 g/mol. The van der Waals surface area contributed by atoms with E-state index in [4.69, 9.17) is 4.74 Å². The first-order valence-electron chi connectivity index (χ1n) is 7.23. The first kappa shape index (κ1) is 16.9. The summed E-state index contributed by atoms with van der Waals surface area (Å²) in [5, 5.41) is 4.03. The number of rotatable bonds is 6. The number of hydrogen-bond acceptors (Lipinski definition) is 2. The fourth-order valence-corrected chi connectivity index (χ4v) is 2.26. The second-order valence-corrected chi connectivity index (χ2v) is 5.12. The van der Waals surface area contributed by atoms with Crippen LogP contribution in [0.15, 0.2) is 42.5 Å². The normalized spacial score (nSPS) is 11.8. The van der Waals surface area contributed by atoms with Gasteiger partial charge < -0.3 is 15.4 Å². The van der Waals surface area contributed by atoms with Crippen LogP contribution in [0.5, 0.6) is 5.75 Å². The van der Waals surface area contributed by atoms with Crippen molar-refractivity contribution in [1.82, 2.24) is 0 Å². The van der Waals surface area contributed by atoms with E-state index in [1.54, 1.807) is 12.4 Å². The van der Waals surface area contributed by atoms with Gasteiger partial charge >= 0.3 is 0 Å². The van der Waals surface area contributed by atoms with Crippen LogP contribution in [0.2, 0.25) is 0 Å². The van der Waals surface area contributed by atoms with E-state index in [-0.39, 0.29) is 12.6 Å². The molecule has 2 aromatic carbocycles. The summed E-state index contributed by atoms with van der Waals surface area (Å²) in [5.41, 5.74) is 0.524. The van der Waals surface area contributed by atoms with Crippen molar-refractivity contribution in [3.63, 3.8) is 0 Å². The molecule has 0 aromatic heterocycles. The number of benzene rings is 2. The number of nitrogens with two attached hydrogens (primary N) is 1. The molecule has 0 saturated carbocycles. The van der Waals surface area contributed by atoms with Gasteiger partial charge in [0.2, 0.25) is 0 Å². The first-order valence-corrected chi connectivity index (χ1v) is 7.23. The molecular formula is C17H19F2N2O2+. The van der Waals surface area contributed by atoms with Crippen LogP contribution >= 0.6 is 0 Å². The Bertz CT molecular complexity index is 672. The van der Waals surface area contributed by atoms with Gasteiger partial charge in [0.15, 0.2) is 6.54 Å². The van der Waals surface area contributed by atoms with Gasteiger partial charge in [0.1, 0.15) is 29.1 Å². The van der Waals surface area contributed by atoms with Crippen LogP contribution < -0.4 is 15.4 Å². The molecule has 0 aliphatic carbocycles. The number of quaternary nitrogens is 1. The summed E-state index contributed by atoms with van der Waals surface area (Å²) in [7, 11) is 1.58. The van der Waals surface area contributed by atoms with Gasteiger partial charge in [-0.25, -0.2) is 8.78 Å². The second kappa shape index (κ2) is 7.69. The zero-order valence-electron chi connectivity index (χ0n) is 13.0. The van der Waals surface area contributed by atoms with Gasteiger partial charge in [-0.3, -0.25) is 4.79 Å². The number of hydrogen-bond donors (Lipinski definition) is 2. The first-order chi connectivity index (χ1) is 11.0. The summed E-state index contributed by atoms with van der Waals surface area (Å²) in [6.45, 7) is 1.96. The van der Waals surface area contributed by atoms with Crippen LogP contribution in [0, 0.1) is 11.6 Å². The van der Waals surface area contributed by atoms with Crippen molar-refractivity contribution in [3.8, 4) is 5.75 Å². The van der Waals surface area contributed by atoms with Crippen LogP contribution in [-0.2, 0) is 4.79 Å². The molecule has 0 spiro atoms. The van der Waals surface area contributed by atoms with E-state index in [0.29, 0.717) is 0 Å². The Kier molecular flexibility index (Phi) is 5.65. The highest BCUT2D eigenvalue weighted by Crippen LogP contribution is 2.22. The lowest BCUT2D eigenvalue weighted by Crippen LogP contribution is -2.86. The van der Waals surface area contributed by atoms with Crippen molar-refractivity contribution in [2.45, 2.75) is 13.0 Å². The predicted molar refractivity (Wildman–Crippen MR) is 83.2 cm³/mol. The number of carbonyl (C=O) groups excluding carboxylic acids is 1. The Morgan fingerprint density at radius 1 is 1.17 bits per heavy atom. The predicted octanol–water partition coefficient (Wildman–Crippen LogP) is 2.24. The number of halogens is 2. The van der Waals surface area contributed by atoms with Crippen molar-refractivity contribution in [2.75, 3.05) is 19.0 Å². The molecule has 4 nitrogen and oxygen atoms in total. The maximum Gasteiger partial charge on any atom is 0.279 e. The van der Waals surface area contributed by atoms with Crippen LogP contribution in [0.4, 0.5) is 14.5 Å². The quantitative estimate of drug-likeness (QED) is 0.857. The van der Waals surface area contributed by atoms with Gasteiger partial charge in [0.05, 0.1) is 12.7 Å². The minimum atomic E-state index is -0.795. The maximum absolute atomic E-state index is 13.5. The second-order valence-electron chi connectivity index (χ2n) is 5.12. The van der Waals surface area contributed by atoms with Gasteiger partial charge in [-0.2, -0.15) is 0 Å². The van der Waals surface area contributed by atoms with Crippen LogP contribution in [0.1, 0.15) is 18.5 Å². The Labute approximate surface area is 133 Å². The summed E-state index contributed by atoms with van der Waals surface area (Å²) in [5.74, 6) is -1.33. The molecule has 0 radical (unpaired) electrons. The van der Waals surface area contributed by atoms with Gasteiger partial charge in [0, 0.05) is 0 Å². The molecule has 0 saturated heterocycles. The highest BCUT2D eigenvalue weighted by atomic mass is 19.1. The molecule has 3 N–H and O–H groups in total. The summed E-state index contributed by atoms with van der Waals surface area (Å²) in [6, 6.07) is 10.9. The van der Waals surface area contributed by atoms with Crippen molar-refractivity contribution < 1.29 is 23.6 Å². The minimum absolute atomic E-state index is 0.0347. The van der Waals surface area contributed by atoms with Gasteiger partial charge in [0.25, 0.3) is 5.91 Å². The van der Waals surface area contributed by atoms with Crippen LogP contribution in [0.25, 0.3) is 0 Å². The number of nitrogens with one attached hydrogen (secondary N) is 1. The van der Waals surface area contributed by atoms with Crippen LogP contribution in [-0.4, -0.2) is 19.6 Å². The van der Waals surface area contributed by atoms with Crippen molar-refractivity contribution in [2.24, 2.45) is 0 Å². The standard InChI is InChI=1S/C17H18F2N2O2/c1-11(12-6-3-4-9-15(12)23-2)20-10-16(22)21-17-13(18)7-5-8-14(17)19/h3-9,11,20H,10H2,1-2H3,(H,21,22)/p+1/t11-/m0/s1. The summed E-state index contributed by atoms with van der Waals surface area (Å²) in [6.07, 6.45) is 0. The summed E-state index contributed by atoms with van der Waals surface area (Å²) in [4.78, 5) is 11.9. The zero-order chi connectivity index (χ0) is 16.8. The van der Waals surface area contributed by atoms with E-state index >= 15 is 0 Å². The van der Waals surface area contributed by atoms with E-state index in [1.165, 1.54) is 6.07 Å². The average molecular weight is 321 g/mol. The fourth-order valence-electron chi connectivity index (χ4n) is 2.26. The molecule has 2 rings (SSSR count). The molecule has 1 amide bonds. The summed E-state index contributed by atoms with van der Waals surface area (Å²) < 4.78 is 32.3. The molecule has 122 valence electrons.